The molecule has 2 aliphatic rings. The van der Waals surface area contributed by atoms with Crippen LogP contribution in [0.2, 0.25) is 0 Å². The van der Waals surface area contributed by atoms with E-state index in [4.69, 9.17) is 0 Å². The second-order valence-electron chi connectivity index (χ2n) is 5.14. The van der Waals surface area contributed by atoms with E-state index in [1.165, 1.54) is 0 Å². The topological polar surface area (TPSA) is 79.4 Å². The van der Waals surface area contributed by atoms with Crippen LogP contribution in [0.1, 0.15) is 23.3 Å². The highest BCUT2D eigenvalue weighted by atomic mass is 127. The molecule has 0 bridgehead atoms. The number of aromatic nitrogens is 1. The van der Waals surface area contributed by atoms with Gasteiger partial charge in [0.2, 0.25) is 11.8 Å². The van der Waals surface area contributed by atoms with Gasteiger partial charge >= 0.3 is 0 Å². The van der Waals surface area contributed by atoms with Crippen LogP contribution in [0.3, 0.4) is 0 Å². The third-order valence-electron chi connectivity index (χ3n) is 3.84. The Morgan fingerprint density at radius 2 is 2.25 bits per heavy atom. The molecule has 1 spiro atoms. The number of carbonyl (C=O) groups excluding carboxylic acids is 3. The van der Waals surface area contributed by atoms with Crippen molar-refractivity contribution in [1.82, 2.24) is 15.2 Å². The molecule has 2 fully saturated rings. The number of amides is 3. The summed E-state index contributed by atoms with van der Waals surface area (Å²) in [4.78, 5) is 41.4. The van der Waals surface area contributed by atoms with Crippen LogP contribution in [0.5, 0.6) is 0 Å². The van der Waals surface area contributed by atoms with Crippen molar-refractivity contribution in [3.8, 4) is 0 Å². The number of likely N-dealkylation sites (tertiary alicyclic amines) is 1. The molecule has 1 aromatic heterocycles. The molecule has 2 saturated heterocycles. The Bertz CT molecular complexity index is 619. The Morgan fingerprint density at radius 3 is 2.90 bits per heavy atom. The minimum absolute atomic E-state index is 0.176. The van der Waals surface area contributed by atoms with Crippen LogP contribution in [-0.4, -0.2) is 40.7 Å². The minimum atomic E-state index is -0.729. The molecular weight excluding hydrogens is 373 g/mol. The Hall–Kier alpha value is -1.51. The van der Waals surface area contributed by atoms with Crippen molar-refractivity contribution in [3.63, 3.8) is 0 Å². The van der Waals surface area contributed by atoms with Gasteiger partial charge in [0.05, 0.1) is 5.41 Å². The van der Waals surface area contributed by atoms with Gasteiger partial charge in [0.15, 0.2) is 0 Å². The molecule has 0 saturated carbocycles. The lowest BCUT2D eigenvalue weighted by atomic mass is 9.85. The summed E-state index contributed by atoms with van der Waals surface area (Å²) in [6.07, 6.45) is 2.28. The molecule has 3 heterocycles. The number of pyridine rings is 1. The van der Waals surface area contributed by atoms with Crippen molar-refractivity contribution in [2.24, 2.45) is 5.41 Å². The monoisotopic (exact) mass is 385 g/mol. The maximum absolute atomic E-state index is 12.4. The fraction of sp³-hybridized carbons (Fsp3) is 0.385. The maximum atomic E-state index is 12.4. The molecule has 0 radical (unpaired) electrons. The van der Waals surface area contributed by atoms with Gasteiger partial charge in [-0.3, -0.25) is 19.7 Å². The molecule has 6 nitrogen and oxygen atoms in total. The molecule has 0 aliphatic carbocycles. The van der Waals surface area contributed by atoms with Gasteiger partial charge in [0.25, 0.3) is 5.91 Å². The summed E-state index contributed by atoms with van der Waals surface area (Å²) < 4.78 is 0.781. The summed E-state index contributed by atoms with van der Waals surface area (Å²) in [5.41, 5.74) is -0.331. The maximum Gasteiger partial charge on any atom is 0.273 e. The number of hydrogen-bond donors (Lipinski definition) is 1. The smallest absolute Gasteiger partial charge is 0.273 e. The molecule has 104 valence electrons. The number of rotatable bonds is 1. The van der Waals surface area contributed by atoms with E-state index < -0.39 is 5.41 Å². The number of halogens is 1. The van der Waals surface area contributed by atoms with Crippen LogP contribution in [-0.2, 0) is 9.59 Å². The summed E-state index contributed by atoms with van der Waals surface area (Å²) in [5, 5.41) is 2.33. The zero-order valence-electron chi connectivity index (χ0n) is 10.6. The molecule has 3 rings (SSSR count). The molecule has 20 heavy (non-hydrogen) atoms. The van der Waals surface area contributed by atoms with Crippen molar-refractivity contribution in [2.45, 2.75) is 12.8 Å². The molecule has 0 aromatic carbocycles. The number of nitrogens with zero attached hydrogens (tertiary/aromatic N) is 2. The highest BCUT2D eigenvalue weighted by Crippen LogP contribution is 2.38. The highest BCUT2D eigenvalue weighted by Gasteiger charge is 2.52. The lowest BCUT2D eigenvalue weighted by molar-refractivity contribution is -0.128. The standard InChI is InChI=1S/C13H12IN3O3/c14-8-2-1-4-15-10(8)11(19)17-5-3-13(7-17)6-9(18)16-12(13)20/h1-2,4H,3,5-7H2,(H,16,18,20). The first-order valence-electron chi connectivity index (χ1n) is 6.26. The first kappa shape index (κ1) is 13.5. The zero-order chi connectivity index (χ0) is 14.3. The predicted octanol–water partition coefficient (Wildman–Crippen LogP) is 0.565. The summed E-state index contributed by atoms with van der Waals surface area (Å²) >= 11 is 2.07. The summed E-state index contributed by atoms with van der Waals surface area (Å²) in [7, 11) is 0. The fourth-order valence-corrected chi connectivity index (χ4v) is 3.34. The van der Waals surface area contributed by atoms with Crippen molar-refractivity contribution < 1.29 is 14.4 Å². The molecule has 3 amide bonds. The summed E-state index contributed by atoms with van der Waals surface area (Å²) in [5.74, 6) is -0.691. The quantitative estimate of drug-likeness (QED) is 0.566. The van der Waals surface area contributed by atoms with Crippen molar-refractivity contribution in [1.29, 1.82) is 0 Å². The van der Waals surface area contributed by atoms with E-state index in [2.05, 4.69) is 32.9 Å². The van der Waals surface area contributed by atoms with E-state index in [9.17, 15) is 14.4 Å². The second-order valence-corrected chi connectivity index (χ2v) is 6.31. The van der Waals surface area contributed by atoms with Gasteiger partial charge in [-0.1, -0.05) is 0 Å². The van der Waals surface area contributed by atoms with Gasteiger partial charge in [-0.05, 0) is 41.1 Å². The van der Waals surface area contributed by atoms with Crippen LogP contribution < -0.4 is 5.32 Å². The van der Waals surface area contributed by atoms with Gasteiger partial charge < -0.3 is 4.90 Å². The van der Waals surface area contributed by atoms with Gasteiger partial charge in [0.1, 0.15) is 5.69 Å². The largest absolute Gasteiger partial charge is 0.336 e. The Labute approximate surface area is 129 Å². The fourth-order valence-electron chi connectivity index (χ4n) is 2.76. The van der Waals surface area contributed by atoms with Crippen LogP contribution in [0.15, 0.2) is 18.3 Å². The SMILES string of the molecule is O=C1CC2(CCN(C(=O)c3ncccc3I)C2)C(=O)N1. The van der Waals surface area contributed by atoms with Gasteiger partial charge in [-0.15, -0.1) is 0 Å². The van der Waals surface area contributed by atoms with Crippen molar-refractivity contribution >= 4 is 40.3 Å². The molecule has 1 N–H and O–H groups in total. The molecular formula is C13H12IN3O3. The van der Waals surface area contributed by atoms with E-state index in [1.54, 1.807) is 17.2 Å². The van der Waals surface area contributed by atoms with Gasteiger partial charge in [-0.2, -0.15) is 0 Å². The lowest BCUT2D eigenvalue weighted by Crippen LogP contribution is -2.37. The van der Waals surface area contributed by atoms with Crippen molar-refractivity contribution in [3.05, 3.63) is 27.6 Å². The second kappa shape index (κ2) is 4.80. The summed E-state index contributed by atoms with van der Waals surface area (Å²) in [6.45, 7) is 0.766. The average Bonchev–Trinajstić information content (AvgIpc) is 2.95. The van der Waals surface area contributed by atoms with Crippen LogP contribution in [0.25, 0.3) is 0 Å². The molecule has 2 aliphatic heterocycles. The molecule has 7 heteroatoms. The lowest BCUT2D eigenvalue weighted by Gasteiger charge is -2.20. The Kier molecular flexibility index (Phi) is 3.23. The summed E-state index contributed by atoms with van der Waals surface area (Å²) in [6, 6.07) is 3.59. The number of imide groups is 1. The minimum Gasteiger partial charge on any atom is -0.336 e. The molecule has 1 atom stereocenters. The highest BCUT2D eigenvalue weighted by molar-refractivity contribution is 14.1. The third kappa shape index (κ3) is 2.09. The first-order valence-corrected chi connectivity index (χ1v) is 7.34. The zero-order valence-corrected chi connectivity index (χ0v) is 12.7. The van der Waals surface area contributed by atoms with E-state index in [0.29, 0.717) is 18.7 Å². The van der Waals surface area contributed by atoms with E-state index in [1.807, 2.05) is 6.07 Å². The Morgan fingerprint density at radius 1 is 1.45 bits per heavy atom. The van der Waals surface area contributed by atoms with E-state index in [-0.39, 0.29) is 30.7 Å². The van der Waals surface area contributed by atoms with E-state index >= 15 is 0 Å². The van der Waals surface area contributed by atoms with Gasteiger partial charge in [-0.25, -0.2) is 4.98 Å². The van der Waals surface area contributed by atoms with Crippen LogP contribution in [0.4, 0.5) is 0 Å². The number of nitrogens with one attached hydrogen (secondary N) is 1. The Balaban J connectivity index is 1.81. The molecule has 1 unspecified atom stereocenters. The number of hydrogen-bond acceptors (Lipinski definition) is 4. The first-order chi connectivity index (χ1) is 9.52. The van der Waals surface area contributed by atoms with Crippen LogP contribution >= 0.6 is 22.6 Å². The van der Waals surface area contributed by atoms with Crippen LogP contribution in [0, 0.1) is 8.99 Å². The third-order valence-corrected chi connectivity index (χ3v) is 4.71. The van der Waals surface area contributed by atoms with Crippen molar-refractivity contribution in [2.75, 3.05) is 13.1 Å². The molecule has 1 aromatic rings. The predicted molar refractivity (Wildman–Crippen MR) is 77.7 cm³/mol. The van der Waals surface area contributed by atoms with E-state index in [0.717, 1.165) is 3.57 Å². The average molecular weight is 385 g/mol. The normalized spacial score (nSPS) is 25.4. The number of carbonyl (C=O) groups is 3. The van der Waals surface area contributed by atoms with Gasteiger partial charge in [0, 0.05) is 29.3 Å².